The summed E-state index contributed by atoms with van der Waals surface area (Å²) in [7, 11) is 3.88. The fourth-order valence-electron chi connectivity index (χ4n) is 4.06. The molecule has 4 rings (SSSR count). The zero-order chi connectivity index (χ0) is 22.1. The number of halogens is 1. The Labute approximate surface area is 186 Å². The number of benzene rings is 2. The number of carbonyl (C=O) groups is 3. The van der Waals surface area contributed by atoms with Gasteiger partial charge in [0.25, 0.3) is 5.91 Å². The van der Waals surface area contributed by atoms with Gasteiger partial charge in [0.1, 0.15) is 12.1 Å². The first-order valence-electron chi connectivity index (χ1n) is 10.3. The number of hydrogen-bond acceptors (Lipinski definition) is 4. The van der Waals surface area contributed by atoms with Crippen molar-refractivity contribution in [2.45, 2.75) is 18.5 Å². The van der Waals surface area contributed by atoms with Crippen molar-refractivity contribution in [3.8, 4) is 0 Å². The molecule has 0 radical (unpaired) electrons. The van der Waals surface area contributed by atoms with Crippen LogP contribution in [0.1, 0.15) is 15.9 Å². The molecule has 2 heterocycles. The second kappa shape index (κ2) is 8.59. The van der Waals surface area contributed by atoms with E-state index in [1.54, 1.807) is 34.1 Å². The molecule has 31 heavy (non-hydrogen) atoms. The summed E-state index contributed by atoms with van der Waals surface area (Å²) in [6.45, 7) is 0.937. The van der Waals surface area contributed by atoms with Crippen molar-refractivity contribution in [1.29, 1.82) is 0 Å². The molecule has 2 aliphatic heterocycles. The van der Waals surface area contributed by atoms with Gasteiger partial charge in [-0.1, -0.05) is 23.7 Å². The van der Waals surface area contributed by atoms with E-state index in [9.17, 15) is 14.4 Å². The predicted molar refractivity (Wildman–Crippen MR) is 119 cm³/mol. The molecule has 2 aromatic rings. The number of amides is 3. The van der Waals surface area contributed by atoms with Crippen molar-refractivity contribution in [3.05, 3.63) is 64.7 Å². The van der Waals surface area contributed by atoms with Gasteiger partial charge in [-0.25, -0.2) is 0 Å². The van der Waals surface area contributed by atoms with E-state index in [0.717, 1.165) is 11.3 Å². The molecule has 2 unspecified atom stereocenters. The molecule has 0 saturated carbocycles. The van der Waals surface area contributed by atoms with Crippen LogP contribution in [0.25, 0.3) is 0 Å². The lowest BCUT2D eigenvalue weighted by Crippen LogP contribution is -2.70. The van der Waals surface area contributed by atoms with E-state index in [4.69, 9.17) is 11.6 Å². The maximum atomic E-state index is 13.0. The number of piperazine rings is 2. The highest BCUT2D eigenvalue weighted by atomic mass is 35.5. The Morgan fingerprint density at radius 1 is 1.06 bits per heavy atom. The summed E-state index contributed by atoms with van der Waals surface area (Å²) >= 11 is 5.92. The third kappa shape index (κ3) is 4.37. The van der Waals surface area contributed by atoms with E-state index >= 15 is 0 Å². The van der Waals surface area contributed by atoms with E-state index in [2.05, 4.69) is 5.32 Å². The molecule has 0 bridgehead atoms. The molecule has 162 valence electrons. The molecule has 2 saturated heterocycles. The van der Waals surface area contributed by atoms with E-state index in [1.165, 1.54) is 0 Å². The highest BCUT2D eigenvalue weighted by Gasteiger charge is 2.44. The van der Waals surface area contributed by atoms with Crippen LogP contribution in [-0.4, -0.2) is 73.3 Å². The predicted octanol–water partition coefficient (Wildman–Crippen LogP) is 1.80. The van der Waals surface area contributed by atoms with E-state index < -0.39 is 12.1 Å². The maximum Gasteiger partial charge on any atom is 0.254 e. The Morgan fingerprint density at radius 2 is 1.74 bits per heavy atom. The number of hydrogen-bond donors (Lipinski definition) is 1. The van der Waals surface area contributed by atoms with Crippen LogP contribution in [-0.2, 0) is 16.0 Å². The maximum absolute atomic E-state index is 13.0. The first-order valence-corrected chi connectivity index (χ1v) is 10.6. The molecule has 7 nitrogen and oxygen atoms in total. The first kappa shape index (κ1) is 21.2. The van der Waals surface area contributed by atoms with Crippen LogP contribution in [0, 0.1) is 0 Å². The minimum absolute atomic E-state index is 0.109. The highest BCUT2D eigenvalue weighted by molar-refractivity contribution is 6.30. The zero-order valence-corrected chi connectivity index (χ0v) is 18.3. The lowest BCUT2D eigenvalue weighted by Gasteiger charge is -2.45. The van der Waals surface area contributed by atoms with Gasteiger partial charge in [0, 0.05) is 49.9 Å². The normalized spacial score (nSPS) is 20.9. The Morgan fingerprint density at radius 3 is 2.39 bits per heavy atom. The van der Waals surface area contributed by atoms with Crippen LogP contribution in [0.5, 0.6) is 0 Å². The third-order valence-corrected chi connectivity index (χ3v) is 6.10. The second-order valence-corrected chi connectivity index (χ2v) is 8.57. The van der Waals surface area contributed by atoms with Crippen molar-refractivity contribution in [1.82, 2.24) is 15.1 Å². The van der Waals surface area contributed by atoms with Crippen molar-refractivity contribution in [2.75, 3.05) is 38.6 Å². The van der Waals surface area contributed by atoms with Gasteiger partial charge in [0.05, 0.1) is 6.54 Å². The van der Waals surface area contributed by atoms with Gasteiger partial charge in [-0.05, 0) is 42.0 Å². The van der Waals surface area contributed by atoms with Gasteiger partial charge < -0.3 is 20.0 Å². The van der Waals surface area contributed by atoms with Gasteiger partial charge in [-0.3, -0.25) is 14.4 Å². The Balaban J connectivity index is 1.43. The number of carbonyl (C=O) groups excluding carboxylic acids is 3. The van der Waals surface area contributed by atoms with Gasteiger partial charge in [-0.2, -0.15) is 0 Å². The average Bonchev–Trinajstić information content (AvgIpc) is 2.78. The SMILES string of the molecule is CN(C)c1ccc(C(=O)N2CCN3C(=O)C(Cc4ccc(Cl)cc4)NC(=O)C3C2)cc1. The van der Waals surface area contributed by atoms with E-state index in [0.29, 0.717) is 30.1 Å². The molecule has 0 spiro atoms. The highest BCUT2D eigenvalue weighted by Crippen LogP contribution is 2.21. The fourth-order valence-corrected chi connectivity index (χ4v) is 4.19. The molecule has 0 aromatic heterocycles. The molecule has 3 amide bonds. The molecule has 2 fully saturated rings. The van der Waals surface area contributed by atoms with Crippen molar-refractivity contribution >= 4 is 35.0 Å². The summed E-state index contributed by atoms with van der Waals surface area (Å²) in [4.78, 5) is 44.0. The molecule has 8 heteroatoms. The third-order valence-electron chi connectivity index (χ3n) is 5.85. The monoisotopic (exact) mass is 440 g/mol. The van der Waals surface area contributed by atoms with Crippen LogP contribution >= 0.6 is 11.6 Å². The average molecular weight is 441 g/mol. The van der Waals surface area contributed by atoms with E-state index in [1.807, 2.05) is 43.3 Å². The lowest BCUT2D eigenvalue weighted by atomic mass is 9.98. The molecule has 1 N–H and O–H groups in total. The molecule has 0 aliphatic carbocycles. The summed E-state index contributed by atoms with van der Waals surface area (Å²) in [5, 5.41) is 3.47. The summed E-state index contributed by atoms with van der Waals surface area (Å²) in [5.74, 6) is -0.463. The number of nitrogens with zero attached hydrogens (tertiary/aromatic N) is 3. The van der Waals surface area contributed by atoms with Crippen molar-refractivity contribution in [3.63, 3.8) is 0 Å². The minimum Gasteiger partial charge on any atom is -0.378 e. The standard InChI is InChI=1S/C23H25ClN4O3/c1-26(2)18-9-5-16(6-10-18)22(30)27-11-12-28-20(14-27)21(29)25-19(23(28)31)13-15-3-7-17(24)8-4-15/h3-10,19-20H,11-14H2,1-2H3,(H,25,29). The van der Waals surface area contributed by atoms with Gasteiger partial charge in [0.15, 0.2) is 0 Å². The number of fused-ring (bicyclic) bond motifs is 1. The molecule has 2 atom stereocenters. The largest absolute Gasteiger partial charge is 0.378 e. The molecular formula is C23H25ClN4O3. The smallest absolute Gasteiger partial charge is 0.254 e. The molecular weight excluding hydrogens is 416 g/mol. The summed E-state index contributed by atoms with van der Waals surface area (Å²) < 4.78 is 0. The first-order chi connectivity index (χ1) is 14.8. The van der Waals surface area contributed by atoms with Crippen LogP contribution in [0.3, 0.4) is 0 Å². The van der Waals surface area contributed by atoms with E-state index in [-0.39, 0.29) is 24.3 Å². The Kier molecular flexibility index (Phi) is 5.87. The summed E-state index contributed by atoms with van der Waals surface area (Å²) in [6, 6.07) is 13.3. The van der Waals surface area contributed by atoms with Crippen molar-refractivity contribution < 1.29 is 14.4 Å². The van der Waals surface area contributed by atoms with Crippen molar-refractivity contribution in [2.24, 2.45) is 0 Å². The van der Waals surface area contributed by atoms with Crippen LogP contribution < -0.4 is 10.2 Å². The minimum atomic E-state index is -0.660. The summed E-state index contributed by atoms with van der Waals surface area (Å²) in [5.41, 5.74) is 2.50. The van der Waals surface area contributed by atoms with Crippen LogP contribution in [0.2, 0.25) is 5.02 Å². The fraction of sp³-hybridized carbons (Fsp3) is 0.348. The Bertz CT molecular complexity index is 991. The number of nitrogens with one attached hydrogen (secondary N) is 1. The van der Waals surface area contributed by atoms with Gasteiger partial charge >= 0.3 is 0 Å². The van der Waals surface area contributed by atoms with Crippen LogP contribution in [0.15, 0.2) is 48.5 Å². The lowest BCUT2D eigenvalue weighted by molar-refractivity contribution is -0.152. The zero-order valence-electron chi connectivity index (χ0n) is 17.5. The topological polar surface area (TPSA) is 73.0 Å². The van der Waals surface area contributed by atoms with Gasteiger partial charge in [0.2, 0.25) is 11.8 Å². The Hall–Kier alpha value is -3.06. The second-order valence-electron chi connectivity index (χ2n) is 8.13. The van der Waals surface area contributed by atoms with Crippen LogP contribution in [0.4, 0.5) is 5.69 Å². The summed E-state index contributed by atoms with van der Waals surface area (Å²) in [6.07, 6.45) is 0.409. The number of rotatable bonds is 4. The quantitative estimate of drug-likeness (QED) is 0.786. The molecule has 2 aliphatic rings. The number of anilines is 1. The molecule has 2 aromatic carbocycles. The van der Waals surface area contributed by atoms with Gasteiger partial charge in [-0.15, -0.1) is 0 Å².